The summed E-state index contributed by atoms with van der Waals surface area (Å²) in [6.45, 7) is 7.67. The predicted molar refractivity (Wildman–Crippen MR) is 287 cm³/mol. The second-order valence-electron chi connectivity index (χ2n) is 27.7. The van der Waals surface area contributed by atoms with E-state index >= 15 is 0 Å². The summed E-state index contributed by atoms with van der Waals surface area (Å²) in [5, 5.41) is 125. The number of nitrogens with one attached hydrogen (secondary N) is 4. The van der Waals surface area contributed by atoms with Crippen molar-refractivity contribution in [3.63, 3.8) is 0 Å². The first-order valence-corrected chi connectivity index (χ1v) is 29.7. The summed E-state index contributed by atoms with van der Waals surface area (Å²) in [7, 11) is 0. The molecule has 21 nitrogen and oxygen atoms in total. The van der Waals surface area contributed by atoms with Crippen molar-refractivity contribution in [3.8, 4) is 0 Å². The van der Waals surface area contributed by atoms with Crippen LogP contribution >= 0.6 is 0 Å². The average Bonchev–Trinajstić information content (AvgIpc) is 0.895. The molecule has 16 N–H and O–H groups in total. The van der Waals surface area contributed by atoms with Gasteiger partial charge in [-0.25, -0.2) is 9.97 Å². The number of nitrogens with zero attached hydrogens (tertiary/aromatic N) is 2. The van der Waals surface area contributed by atoms with E-state index in [9.17, 15) is 60.7 Å². The topological polar surface area (TPSA) is 362 Å². The number of hydrogen-bond acceptors (Lipinski definition) is 17. The van der Waals surface area contributed by atoms with Gasteiger partial charge in [-0.1, -0.05) is 64.3 Å². The lowest BCUT2D eigenvalue weighted by atomic mass is 9.27. The number of imidazole rings is 2. The highest BCUT2D eigenvalue weighted by Crippen LogP contribution is 2.82. The lowest BCUT2D eigenvalue weighted by Gasteiger charge is -2.77. The maximum Gasteiger partial charge on any atom is 0.310 e. The Morgan fingerprint density at radius 2 is 1.70 bits per heavy atom. The molecule has 2 aromatic heterocycles. The van der Waals surface area contributed by atoms with E-state index in [1.165, 1.54) is 6.33 Å². The van der Waals surface area contributed by atoms with Crippen molar-refractivity contribution in [2.45, 2.75) is 165 Å². The SMILES string of the molecule is C[C@]1(CO)CC[C@@]2(C(=O)O)[C@@H](C1)C1=CC[C@@H]3[C@@]4(C5CCCC5)[C@H]([C@@H]5C=C[C@@](c6cnc[nH]6)([C@H](O)C[C@@H](N)O)[C@@H]6NC(=O)[C@@H](CO)[C@H]56)[C@@H](O)[C@@H](O[C@@H]5OC[C@@H](O)[C@H](O)[C@H]5O)[C@@](C)(CO)[C@H]4CC[C@@]3(C)[C@]1(C)[C@H]1Cc3[nH]cnc3NC[C@@H]12. The summed E-state index contributed by atoms with van der Waals surface area (Å²) < 4.78 is 12.9. The van der Waals surface area contributed by atoms with Crippen LogP contribution < -0.4 is 16.4 Å². The molecule has 10 aliphatic rings. The first kappa shape index (κ1) is 56.6. The van der Waals surface area contributed by atoms with Crippen LogP contribution in [-0.4, -0.2) is 171 Å². The monoisotopic (exact) mass is 1120 g/mol. The molecule has 5 heterocycles. The third-order valence-corrected chi connectivity index (χ3v) is 24.9. The molecular formula is C59H87N7O14. The number of fused-ring (bicyclic) bond motifs is 12. The van der Waals surface area contributed by atoms with Crippen molar-refractivity contribution in [2.24, 2.45) is 97.4 Å². The Morgan fingerprint density at radius 1 is 0.938 bits per heavy atom. The second kappa shape index (κ2) is 19.9. The molecule has 0 unspecified atom stereocenters. The number of rotatable bonds is 12. The number of ether oxygens (including phenoxy) is 2. The zero-order valence-electron chi connectivity index (χ0n) is 46.5. The van der Waals surface area contributed by atoms with Gasteiger partial charge in [-0.15, -0.1) is 0 Å². The van der Waals surface area contributed by atoms with Gasteiger partial charge in [0, 0.05) is 48.7 Å². The fraction of sp³-hybridized carbons (Fsp3) is 0.797. The molecule has 1 amide bonds. The number of carboxylic acid groups (broad SMARTS) is 1. The van der Waals surface area contributed by atoms with E-state index in [2.05, 4.69) is 52.4 Å². The Labute approximate surface area is 466 Å². The summed E-state index contributed by atoms with van der Waals surface area (Å²) in [5.41, 5.74) is 1.72. The summed E-state index contributed by atoms with van der Waals surface area (Å²) in [6, 6.07) is -0.962. The number of aromatic nitrogens is 4. The molecule has 21 heteroatoms. The molecule has 2 saturated heterocycles. The minimum Gasteiger partial charge on any atom is -0.481 e. The minimum absolute atomic E-state index is 0.0859. The summed E-state index contributed by atoms with van der Waals surface area (Å²) in [4.78, 5) is 45.0. The number of carbonyl (C=O) groups excluding carboxylic acids is 1. The zero-order chi connectivity index (χ0) is 56.9. The summed E-state index contributed by atoms with van der Waals surface area (Å²) >= 11 is 0. The molecule has 25 atom stereocenters. The van der Waals surface area contributed by atoms with Crippen LogP contribution in [0.1, 0.15) is 110 Å². The quantitative estimate of drug-likeness (QED) is 0.0812. The number of hydrogen-bond donors (Lipinski definition) is 15. The van der Waals surface area contributed by atoms with Crippen molar-refractivity contribution in [1.82, 2.24) is 25.3 Å². The number of aliphatic hydroxyl groups is 9. The Balaban J connectivity index is 1.12. The molecule has 0 bridgehead atoms. The Kier molecular flexibility index (Phi) is 14.1. The van der Waals surface area contributed by atoms with Crippen LogP contribution in [0.2, 0.25) is 0 Å². The first-order valence-electron chi connectivity index (χ1n) is 29.7. The van der Waals surface area contributed by atoms with Crippen LogP contribution in [0.5, 0.6) is 0 Å². The molecule has 80 heavy (non-hydrogen) atoms. The van der Waals surface area contributed by atoms with Gasteiger partial charge in [-0.05, 0) is 121 Å². The number of carboxylic acids is 1. The number of anilines is 1. The highest BCUT2D eigenvalue weighted by Gasteiger charge is 2.80. The van der Waals surface area contributed by atoms with E-state index in [0.717, 1.165) is 37.0 Å². The van der Waals surface area contributed by atoms with E-state index in [0.29, 0.717) is 63.0 Å². The lowest BCUT2D eigenvalue weighted by Crippen LogP contribution is -2.77. The molecule has 7 fully saturated rings. The van der Waals surface area contributed by atoms with Gasteiger partial charge >= 0.3 is 5.97 Å². The van der Waals surface area contributed by atoms with E-state index in [1.54, 1.807) is 12.5 Å². The number of aliphatic hydroxyl groups excluding tert-OH is 9. The van der Waals surface area contributed by atoms with Crippen LogP contribution in [0.3, 0.4) is 0 Å². The van der Waals surface area contributed by atoms with Crippen molar-refractivity contribution in [3.05, 3.63) is 54.0 Å². The van der Waals surface area contributed by atoms with Crippen LogP contribution in [0, 0.1) is 91.7 Å². The van der Waals surface area contributed by atoms with Gasteiger partial charge in [0.05, 0.1) is 79.3 Å². The van der Waals surface area contributed by atoms with Gasteiger partial charge in [0.1, 0.15) is 30.4 Å². The van der Waals surface area contributed by atoms with Crippen molar-refractivity contribution in [2.75, 3.05) is 38.3 Å². The number of aliphatic carboxylic acids is 1. The van der Waals surface area contributed by atoms with E-state index < -0.39 is 154 Å². The number of carbonyl (C=O) groups is 2. The van der Waals surface area contributed by atoms with Gasteiger partial charge in [-0.3, -0.25) is 9.59 Å². The molecule has 7 aliphatic carbocycles. The van der Waals surface area contributed by atoms with Crippen LogP contribution in [0.25, 0.3) is 0 Å². The van der Waals surface area contributed by atoms with E-state index in [-0.39, 0.29) is 43.3 Å². The second-order valence-corrected chi connectivity index (χ2v) is 27.7. The van der Waals surface area contributed by atoms with Crippen LogP contribution in [0.4, 0.5) is 5.82 Å². The molecule has 12 rings (SSSR count). The molecule has 0 radical (unpaired) electrons. The normalized spacial score (nSPS) is 49.5. The summed E-state index contributed by atoms with van der Waals surface area (Å²) in [6.07, 6.45) is 5.60. The zero-order valence-corrected chi connectivity index (χ0v) is 46.5. The predicted octanol–water partition coefficient (Wildman–Crippen LogP) is 1.45. The molecule has 0 spiro atoms. The number of amides is 1. The third kappa shape index (κ3) is 7.49. The van der Waals surface area contributed by atoms with Crippen molar-refractivity contribution >= 4 is 17.7 Å². The van der Waals surface area contributed by atoms with Gasteiger partial charge in [0.15, 0.2) is 6.29 Å². The highest BCUT2D eigenvalue weighted by molar-refractivity contribution is 5.83. The largest absolute Gasteiger partial charge is 0.481 e. The molecule has 5 saturated carbocycles. The lowest BCUT2D eigenvalue weighted by molar-refractivity contribution is -0.353. The minimum atomic E-state index is -1.73. The standard InChI is InChI=1S/C59H87N7O14/c1-53(24-68)15-16-57(52(77)78)33(19-53)31-9-10-38-55(3,56(31,4)32-17-35-49(65-27-63-35)62-20-34(32)57)13-12-37-54(2,25-69)48(80-51-46(75)44(73)36(70)23-79-51)45(74)43(59(37,38)28-7-5-6-8-28)29-11-14-58(39-21-61-26-64-39,40(71)18-41(60)72)47-42(29)30(22-67)50(76)66-47/h9,11,14,21,26-30,32-34,36-38,40-48,51,62,67-75H,5-8,10,12-13,15-20,22-25,60H2,1-4H3,(H,61,64)(H,63,65)(H,66,76)(H,77,78)/t29-,30+,32+,33+,34+,36-,37-,38+,40-,41+,42+,43-,44+,45-,46-,47-,48-,51+,53+,54+,55-,56+,57-,58-,59+/m1/s1. The van der Waals surface area contributed by atoms with E-state index in [1.807, 2.05) is 19.1 Å². The molecule has 0 aromatic carbocycles. The highest BCUT2D eigenvalue weighted by atomic mass is 16.7. The first-order chi connectivity index (χ1) is 38.1. The van der Waals surface area contributed by atoms with E-state index in [4.69, 9.17) is 20.2 Å². The number of nitrogens with two attached hydrogens (primary N) is 1. The fourth-order valence-electron chi connectivity index (χ4n) is 21.2. The summed E-state index contributed by atoms with van der Waals surface area (Å²) in [5.74, 6) is -5.96. The van der Waals surface area contributed by atoms with Gasteiger partial charge in [0.25, 0.3) is 0 Å². The smallest absolute Gasteiger partial charge is 0.310 e. The van der Waals surface area contributed by atoms with Crippen molar-refractivity contribution in [1.29, 1.82) is 0 Å². The van der Waals surface area contributed by atoms with Gasteiger partial charge in [-0.2, -0.15) is 0 Å². The maximum absolute atomic E-state index is 14.8. The number of allylic oxidation sites excluding steroid dienone is 3. The number of H-pyrrole nitrogens is 2. The molecule has 3 aliphatic heterocycles. The molecular weight excluding hydrogens is 1030 g/mol. The fourth-order valence-corrected chi connectivity index (χ4v) is 21.2. The average molecular weight is 1120 g/mol. The third-order valence-electron chi connectivity index (χ3n) is 24.9. The molecule has 442 valence electrons. The van der Waals surface area contributed by atoms with Crippen molar-refractivity contribution < 1.29 is 70.1 Å². The van der Waals surface area contributed by atoms with Gasteiger partial charge in [0.2, 0.25) is 5.91 Å². The Morgan fingerprint density at radius 3 is 2.38 bits per heavy atom. The Bertz CT molecular complexity index is 2720. The molecule has 2 aromatic rings. The van der Waals surface area contributed by atoms with Crippen LogP contribution in [-0.2, 0) is 30.9 Å². The van der Waals surface area contributed by atoms with Gasteiger partial charge < -0.3 is 86.9 Å². The Hall–Kier alpha value is -3.84. The maximum atomic E-state index is 14.8. The van der Waals surface area contributed by atoms with Crippen LogP contribution in [0.15, 0.2) is 42.7 Å². The number of aromatic amines is 2.